The molecule has 1 rings (SSSR count). The highest BCUT2D eigenvalue weighted by molar-refractivity contribution is 6.31. The molecule has 1 atom stereocenters. The van der Waals surface area contributed by atoms with Crippen LogP contribution in [-0.2, 0) is 6.42 Å². The lowest BCUT2D eigenvalue weighted by Gasteiger charge is -2.09. The van der Waals surface area contributed by atoms with Gasteiger partial charge in [0.25, 0.3) is 0 Å². The molecule has 1 N–H and O–H groups in total. The van der Waals surface area contributed by atoms with Crippen LogP contribution in [0.5, 0.6) is 0 Å². The molecule has 0 aliphatic carbocycles. The fourth-order valence-corrected chi connectivity index (χ4v) is 1.64. The van der Waals surface area contributed by atoms with E-state index in [0.717, 1.165) is 16.1 Å². The number of benzene rings is 1. The standard InChI is InChI=1S/C11H15ClO/c1-7-4-10(5-8(2)13)6-11(12)9(7)3/h4,6,8,13H,5H2,1-3H3. The predicted octanol–water partition coefficient (Wildman–Crippen LogP) is 2.88. The summed E-state index contributed by atoms with van der Waals surface area (Å²) in [6, 6.07) is 4.00. The summed E-state index contributed by atoms with van der Waals surface area (Å²) in [7, 11) is 0. The maximum absolute atomic E-state index is 9.21. The Labute approximate surface area is 84.4 Å². The summed E-state index contributed by atoms with van der Waals surface area (Å²) in [5.74, 6) is 0. The van der Waals surface area contributed by atoms with E-state index in [9.17, 15) is 5.11 Å². The molecule has 0 aromatic heterocycles. The van der Waals surface area contributed by atoms with Crippen molar-refractivity contribution in [1.82, 2.24) is 0 Å². The molecule has 0 radical (unpaired) electrons. The molecule has 1 unspecified atom stereocenters. The van der Waals surface area contributed by atoms with Crippen LogP contribution >= 0.6 is 11.6 Å². The summed E-state index contributed by atoms with van der Waals surface area (Å²) in [5, 5.41) is 10.0. The maximum atomic E-state index is 9.21. The van der Waals surface area contributed by atoms with E-state index in [1.165, 1.54) is 5.56 Å². The summed E-state index contributed by atoms with van der Waals surface area (Å²) in [6.07, 6.45) is 0.360. The average Bonchev–Trinajstić information content (AvgIpc) is 1.98. The molecule has 0 amide bonds. The van der Waals surface area contributed by atoms with Crippen molar-refractivity contribution >= 4 is 11.6 Å². The zero-order chi connectivity index (χ0) is 10.0. The van der Waals surface area contributed by atoms with Gasteiger partial charge in [-0.15, -0.1) is 0 Å². The molecule has 1 nitrogen and oxygen atoms in total. The molecule has 0 aliphatic rings. The summed E-state index contributed by atoms with van der Waals surface area (Å²) in [5.41, 5.74) is 3.40. The second-order valence-electron chi connectivity index (χ2n) is 3.57. The number of aliphatic hydroxyl groups excluding tert-OH is 1. The molecule has 72 valence electrons. The highest BCUT2D eigenvalue weighted by atomic mass is 35.5. The van der Waals surface area contributed by atoms with Gasteiger partial charge in [0.1, 0.15) is 0 Å². The number of hydrogen-bond acceptors (Lipinski definition) is 1. The molecular weight excluding hydrogens is 184 g/mol. The Hall–Kier alpha value is -0.530. The maximum Gasteiger partial charge on any atom is 0.0552 e. The fraction of sp³-hybridized carbons (Fsp3) is 0.455. The van der Waals surface area contributed by atoms with Crippen LogP contribution in [0.15, 0.2) is 12.1 Å². The van der Waals surface area contributed by atoms with Crippen molar-refractivity contribution in [1.29, 1.82) is 0 Å². The Morgan fingerprint density at radius 2 is 2.00 bits per heavy atom. The Kier molecular flexibility index (Phi) is 3.34. The Balaban J connectivity index is 2.99. The monoisotopic (exact) mass is 198 g/mol. The van der Waals surface area contributed by atoms with Gasteiger partial charge in [0.05, 0.1) is 6.10 Å². The first kappa shape index (κ1) is 10.6. The van der Waals surface area contributed by atoms with Crippen molar-refractivity contribution in [2.75, 3.05) is 0 Å². The molecule has 0 aliphatic heterocycles. The molecule has 0 saturated carbocycles. The minimum absolute atomic E-state index is 0.307. The van der Waals surface area contributed by atoms with Gasteiger partial charge in [-0.25, -0.2) is 0 Å². The van der Waals surface area contributed by atoms with Crippen molar-refractivity contribution in [3.05, 3.63) is 33.8 Å². The molecule has 1 aromatic rings. The first-order valence-corrected chi connectivity index (χ1v) is 4.82. The number of rotatable bonds is 2. The van der Waals surface area contributed by atoms with E-state index in [4.69, 9.17) is 11.6 Å². The quantitative estimate of drug-likeness (QED) is 0.775. The van der Waals surface area contributed by atoms with Crippen LogP contribution in [0.2, 0.25) is 5.02 Å². The SMILES string of the molecule is Cc1cc(CC(C)O)cc(Cl)c1C. The van der Waals surface area contributed by atoms with E-state index in [1.807, 2.05) is 19.9 Å². The van der Waals surface area contributed by atoms with Gasteiger partial charge in [-0.05, 0) is 49.9 Å². The van der Waals surface area contributed by atoms with E-state index in [1.54, 1.807) is 6.92 Å². The predicted molar refractivity (Wildman–Crippen MR) is 56.3 cm³/mol. The zero-order valence-corrected chi connectivity index (χ0v) is 9.02. The van der Waals surface area contributed by atoms with Gasteiger partial charge in [-0.3, -0.25) is 0 Å². The van der Waals surface area contributed by atoms with Gasteiger partial charge >= 0.3 is 0 Å². The topological polar surface area (TPSA) is 20.2 Å². The van der Waals surface area contributed by atoms with E-state index < -0.39 is 0 Å². The van der Waals surface area contributed by atoms with Crippen molar-refractivity contribution in [2.24, 2.45) is 0 Å². The third-order valence-electron chi connectivity index (χ3n) is 2.19. The minimum Gasteiger partial charge on any atom is -0.393 e. The summed E-state index contributed by atoms with van der Waals surface area (Å²) < 4.78 is 0. The first-order valence-electron chi connectivity index (χ1n) is 4.44. The molecule has 0 fully saturated rings. The Bertz CT molecular complexity index is 282. The van der Waals surface area contributed by atoms with Gasteiger partial charge < -0.3 is 5.11 Å². The minimum atomic E-state index is -0.307. The molecule has 0 saturated heterocycles. The molecular formula is C11H15ClO. The molecule has 13 heavy (non-hydrogen) atoms. The molecule has 0 heterocycles. The normalized spacial score (nSPS) is 13.0. The third-order valence-corrected chi connectivity index (χ3v) is 2.59. The van der Waals surface area contributed by atoms with Crippen LogP contribution in [0.3, 0.4) is 0 Å². The van der Waals surface area contributed by atoms with Crippen LogP contribution in [0.1, 0.15) is 23.6 Å². The number of hydrogen-bond donors (Lipinski definition) is 1. The summed E-state index contributed by atoms with van der Waals surface area (Å²) >= 11 is 6.02. The molecule has 1 aromatic carbocycles. The van der Waals surface area contributed by atoms with Crippen molar-refractivity contribution < 1.29 is 5.11 Å². The van der Waals surface area contributed by atoms with Crippen LogP contribution in [-0.4, -0.2) is 11.2 Å². The van der Waals surface area contributed by atoms with Gasteiger partial charge in [0.15, 0.2) is 0 Å². The lowest BCUT2D eigenvalue weighted by atomic mass is 10.0. The first-order chi connectivity index (χ1) is 6.00. The highest BCUT2D eigenvalue weighted by Crippen LogP contribution is 2.21. The van der Waals surface area contributed by atoms with Gasteiger partial charge in [-0.1, -0.05) is 17.7 Å². The van der Waals surface area contributed by atoms with E-state index in [0.29, 0.717) is 6.42 Å². The second kappa shape index (κ2) is 4.12. The lowest BCUT2D eigenvalue weighted by Crippen LogP contribution is -2.04. The Morgan fingerprint density at radius 1 is 1.38 bits per heavy atom. The van der Waals surface area contributed by atoms with Crippen LogP contribution in [0, 0.1) is 13.8 Å². The van der Waals surface area contributed by atoms with E-state index in [-0.39, 0.29) is 6.10 Å². The highest BCUT2D eigenvalue weighted by Gasteiger charge is 2.04. The number of halogens is 1. The Morgan fingerprint density at radius 3 is 2.46 bits per heavy atom. The molecule has 2 heteroatoms. The van der Waals surface area contributed by atoms with E-state index in [2.05, 4.69) is 6.07 Å². The zero-order valence-electron chi connectivity index (χ0n) is 8.26. The largest absolute Gasteiger partial charge is 0.393 e. The molecule has 0 bridgehead atoms. The van der Waals surface area contributed by atoms with Crippen molar-refractivity contribution in [3.63, 3.8) is 0 Å². The van der Waals surface area contributed by atoms with Gasteiger partial charge in [-0.2, -0.15) is 0 Å². The van der Waals surface area contributed by atoms with Crippen molar-refractivity contribution in [2.45, 2.75) is 33.3 Å². The fourth-order valence-electron chi connectivity index (χ4n) is 1.35. The number of aliphatic hydroxyl groups is 1. The van der Waals surface area contributed by atoms with E-state index >= 15 is 0 Å². The van der Waals surface area contributed by atoms with Crippen molar-refractivity contribution in [3.8, 4) is 0 Å². The van der Waals surface area contributed by atoms with Crippen LogP contribution < -0.4 is 0 Å². The average molecular weight is 199 g/mol. The van der Waals surface area contributed by atoms with Crippen LogP contribution in [0.4, 0.5) is 0 Å². The third kappa shape index (κ3) is 2.71. The lowest BCUT2D eigenvalue weighted by molar-refractivity contribution is 0.195. The number of aryl methyl sites for hydroxylation is 1. The second-order valence-corrected chi connectivity index (χ2v) is 3.98. The van der Waals surface area contributed by atoms with Crippen LogP contribution in [0.25, 0.3) is 0 Å². The smallest absolute Gasteiger partial charge is 0.0552 e. The van der Waals surface area contributed by atoms with Gasteiger partial charge in [0, 0.05) is 5.02 Å². The summed E-state index contributed by atoms with van der Waals surface area (Å²) in [6.45, 7) is 5.82. The van der Waals surface area contributed by atoms with Gasteiger partial charge in [0.2, 0.25) is 0 Å². The molecule has 0 spiro atoms. The summed E-state index contributed by atoms with van der Waals surface area (Å²) in [4.78, 5) is 0.